The highest BCUT2D eigenvalue weighted by Gasteiger charge is 2.09. The van der Waals surface area contributed by atoms with Gasteiger partial charge in [-0.1, -0.05) is 6.07 Å². The first kappa shape index (κ1) is 6.78. The van der Waals surface area contributed by atoms with Crippen molar-refractivity contribution in [2.24, 2.45) is 5.73 Å². The summed E-state index contributed by atoms with van der Waals surface area (Å²) in [6, 6.07) is 5.48. The molecule has 5 nitrogen and oxygen atoms in total. The van der Waals surface area contributed by atoms with E-state index >= 15 is 0 Å². The standard InChI is InChI=1S/C7H7N5/c8-7(9)4-2-1-3-5-6(4)11-12-10-5/h1-3H,(H3,8,9)(H,10,11,12)/p+1. The van der Waals surface area contributed by atoms with E-state index in [1.54, 1.807) is 6.07 Å². The lowest BCUT2D eigenvalue weighted by Crippen LogP contribution is -2.46. The Morgan fingerprint density at radius 1 is 1.42 bits per heavy atom. The molecular weight excluding hydrogens is 154 g/mol. The Labute approximate surface area is 68.1 Å². The van der Waals surface area contributed by atoms with Crippen molar-refractivity contribution in [3.05, 3.63) is 23.8 Å². The van der Waals surface area contributed by atoms with Gasteiger partial charge in [0.1, 0.15) is 11.0 Å². The van der Waals surface area contributed by atoms with Crippen molar-refractivity contribution in [2.75, 3.05) is 0 Å². The smallest absolute Gasteiger partial charge is 0.273 e. The molecule has 60 valence electrons. The van der Waals surface area contributed by atoms with Crippen LogP contribution in [0.1, 0.15) is 5.56 Å². The summed E-state index contributed by atoms with van der Waals surface area (Å²) in [7, 11) is 0. The minimum absolute atomic E-state index is 0.259. The van der Waals surface area contributed by atoms with Gasteiger partial charge < -0.3 is 0 Å². The number of fused-ring (bicyclic) bond motifs is 1. The van der Waals surface area contributed by atoms with Crippen LogP contribution in [0.3, 0.4) is 0 Å². The number of nitrogens with two attached hydrogens (primary N) is 2. The Hall–Kier alpha value is -1.91. The van der Waals surface area contributed by atoms with Crippen molar-refractivity contribution in [3.63, 3.8) is 0 Å². The van der Waals surface area contributed by atoms with E-state index in [1.165, 1.54) is 0 Å². The van der Waals surface area contributed by atoms with Gasteiger partial charge in [-0.3, -0.25) is 11.1 Å². The summed E-state index contributed by atoms with van der Waals surface area (Å²) < 4.78 is 0. The van der Waals surface area contributed by atoms with Gasteiger partial charge >= 0.3 is 0 Å². The quantitative estimate of drug-likeness (QED) is 0.349. The topological polar surface area (TPSA) is 93.2 Å². The van der Waals surface area contributed by atoms with Crippen molar-refractivity contribution in [1.29, 1.82) is 0 Å². The molecule has 2 rings (SSSR count). The van der Waals surface area contributed by atoms with Crippen molar-refractivity contribution in [2.45, 2.75) is 0 Å². The SMILES string of the molecule is NC(=[NH2+])c1cccc2n[nH]nc12. The molecule has 12 heavy (non-hydrogen) atoms. The van der Waals surface area contributed by atoms with Crippen LogP contribution in [0.15, 0.2) is 18.2 Å². The van der Waals surface area contributed by atoms with Gasteiger partial charge in [-0.2, -0.15) is 15.4 Å². The summed E-state index contributed by atoms with van der Waals surface area (Å²) in [5.41, 5.74) is 7.65. The molecule has 5 heteroatoms. The molecule has 0 spiro atoms. The number of hydrogen-bond donors (Lipinski definition) is 3. The molecule has 0 aliphatic carbocycles. The van der Waals surface area contributed by atoms with Gasteiger partial charge in [0, 0.05) is 0 Å². The first-order valence-electron chi connectivity index (χ1n) is 3.47. The van der Waals surface area contributed by atoms with E-state index in [-0.39, 0.29) is 5.84 Å². The average Bonchev–Trinajstić information content (AvgIpc) is 2.49. The normalized spacial score (nSPS) is 10.3. The van der Waals surface area contributed by atoms with Crippen LogP contribution >= 0.6 is 0 Å². The molecule has 0 bridgehead atoms. The number of benzene rings is 1. The Kier molecular flexibility index (Phi) is 1.30. The van der Waals surface area contributed by atoms with Crippen LogP contribution < -0.4 is 11.1 Å². The molecule has 0 fully saturated rings. The summed E-state index contributed by atoms with van der Waals surface area (Å²) in [5, 5.41) is 15.8. The summed E-state index contributed by atoms with van der Waals surface area (Å²) >= 11 is 0. The number of para-hydroxylation sites is 1. The summed E-state index contributed by atoms with van der Waals surface area (Å²) in [4.78, 5) is 0. The molecule has 0 amide bonds. The third-order valence-electron chi connectivity index (χ3n) is 1.66. The Balaban J connectivity index is 2.82. The summed E-state index contributed by atoms with van der Waals surface area (Å²) in [6.45, 7) is 0. The number of H-pyrrole nitrogens is 1. The number of aromatic amines is 1. The second-order valence-electron chi connectivity index (χ2n) is 2.45. The number of nitrogens with one attached hydrogen (secondary N) is 1. The van der Waals surface area contributed by atoms with E-state index in [9.17, 15) is 0 Å². The van der Waals surface area contributed by atoms with Crippen molar-refractivity contribution < 1.29 is 5.41 Å². The molecule has 0 saturated carbocycles. The fraction of sp³-hybridized carbons (Fsp3) is 0. The first-order chi connectivity index (χ1) is 5.79. The summed E-state index contributed by atoms with van der Waals surface area (Å²) in [5.74, 6) is 0.259. The molecular formula is C7H8N5+. The van der Waals surface area contributed by atoms with E-state index in [0.717, 1.165) is 11.1 Å². The first-order valence-corrected chi connectivity index (χ1v) is 3.47. The van der Waals surface area contributed by atoms with Crippen LogP contribution in [-0.2, 0) is 0 Å². The van der Waals surface area contributed by atoms with E-state index in [4.69, 9.17) is 11.1 Å². The second-order valence-corrected chi connectivity index (χ2v) is 2.45. The number of amidine groups is 1. The number of aromatic nitrogens is 3. The Bertz CT molecular complexity index is 430. The predicted molar refractivity (Wildman–Crippen MR) is 44.1 cm³/mol. The molecule has 0 aliphatic heterocycles. The van der Waals surface area contributed by atoms with Crippen LogP contribution in [0.2, 0.25) is 0 Å². The molecule has 0 saturated heterocycles. The van der Waals surface area contributed by atoms with Crippen LogP contribution in [0.5, 0.6) is 0 Å². The fourth-order valence-electron chi connectivity index (χ4n) is 1.10. The van der Waals surface area contributed by atoms with Gasteiger partial charge in [-0.05, 0) is 12.1 Å². The van der Waals surface area contributed by atoms with Gasteiger partial charge in [0.15, 0.2) is 0 Å². The van der Waals surface area contributed by atoms with Crippen LogP contribution in [-0.4, -0.2) is 21.2 Å². The van der Waals surface area contributed by atoms with E-state index in [1.807, 2.05) is 12.1 Å². The van der Waals surface area contributed by atoms with Gasteiger partial charge in [0.05, 0.1) is 5.56 Å². The van der Waals surface area contributed by atoms with Crippen LogP contribution in [0, 0.1) is 0 Å². The third kappa shape index (κ3) is 0.833. The Morgan fingerprint density at radius 3 is 3.00 bits per heavy atom. The zero-order chi connectivity index (χ0) is 8.55. The van der Waals surface area contributed by atoms with Gasteiger partial charge in [-0.25, -0.2) is 0 Å². The van der Waals surface area contributed by atoms with Gasteiger partial charge in [0.2, 0.25) is 0 Å². The maximum absolute atomic E-state index is 5.45. The number of nitrogens with zero attached hydrogens (tertiary/aromatic N) is 2. The average molecular weight is 162 g/mol. The van der Waals surface area contributed by atoms with Gasteiger partial charge in [0.25, 0.3) is 5.84 Å². The van der Waals surface area contributed by atoms with E-state index < -0.39 is 0 Å². The molecule has 0 radical (unpaired) electrons. The monoisotopic (exact) mass is 162 g/mol. The predicted octanol–water partition coefficient (Wildman–Crippen LogP) is -1.58. The zero-order valence-electron chi connectivity index (χ0n) is 6.28. The van der Waals surface area contributed by atoms with Crippen molar-refractivity contribution in [3.8, 4) is 0 Å². The number of rotatable bonds is 1. The fourth-order valence-corrected chi connectivity index (χ4v) is 1.10. The maximum Gasteiger partial charge on any atom is 0.273 e. The van der Waals surface area contributed by atoms with Crippen molar-refractivity contribution >= 4 is 16.9 Å². The zero-order valence-corrected chi connectivity index (χ0v) is 6.28. The lowest BCUT2D eigenvalue weighted by atomic mass is 10.2. The maximum atomic E-state index is 5.45. The third-order valence-corrected chi connectivity index (χ3v) is 1.66. The highest BCUT2D eigenvalue weighted by atomic mass is 15.3. The molecule has 1 heterocycles. The molecule has 2 aromatic rings. The second kappa shape index (κ2) is 2.30. The molecule has 1 aromatic carbocycles. The molecule has 1 aromatic heterocycles. The van der Waals surface area contributed by atoms with Crippen molar-refractivity contribution in [1.82, 2.24) is 15.4 Å². The van der Waals surface area contributed by atoms with E-state index in [2.05, 4.69) is 15.4 Å². The van der Waals surface area contributed by atoms with Crippen LogP contribution in [0.25, 0.3) is 11.0 Å². The largest absolute Gasteiger partial charge is 0.287 e. The minimum Gasteiger partial charge on any atom is -0.287 e. The lowest BCUT2D eigenvalue weighted by Gasteiger charge is -1.91. The summed E-state index contributed by atoms with van der Waals surface area (Å²) in [6.07, 6.45) is 0. The van der Waals surface area contributed by atoms with Gasteiger partial charge in [-0.15, -0.1) is 0 Å². The molecule has 0 unspecified atom stereocenters. The number of hydrogen-bond acceptors (Lipinski definition) is 2. The van der Waals surface area contributed by atoms with Crippen LogP contribution in [0.4, 0.5) is 0 Å². The molecule has 0 atom stereocenters. The molecule has 0 aliphatic rings. The van der Waals surface area contributed by atoms with E-state index in [0.29, 0.717) is 5.52 Å². The molecule has 5 N–H and O–H groups in total. The lowest BCUT2D eigenvalue weighted by molar-refractivity contribution is -0.114. The Morgan fingerprint density at radius 2 is 2.25 bits per heavy atom. The highest BCUT2D eigenvalue weighted by molar-refractivity contribution is 6.03. The minimum atomic E-state index is 0.259. The highest BCUT2D eigenvalue weighted by Crippen LogP contribution is 2.11.